The standard InChI is InChI=1S/C47H39N4O2.C15H16N.Ir/c1-26(2)34-23-30(28-15-10-9-11-16-28)24-35(27(3)4)41(34)51-42-31-18-13-12-17-29(31)21-22-36(42)49-45(51)33-20-14-19-32-39-38(52-43(32)33)25-37-44(40(39)48-8)53-46(50-37)47(5,6)7;1-15(2,3)13-9-10-16-14(11-13)12-7-5-4-6-8-12;/h9-19,21-27H,1-7H3;4-7,9-11H,1-3H3;/q2*-1;. The normalized spacial score (nSPS) is 12.0. The van der Waals surface area contributed by atoms with Crippen molar-refractivity contribution in [3.63, 3.8) is 0 Å². The summed E-state index contributed by atoms with van der Waals surface area (Å²) in [5.74, 6) is 1.74. The summed E-state index contributed by atoms with van der Waals surface area (Å²) in [4.78, 5) is 18.6. The molecule has 7 nitrogen and oxygen atoms in total. The molecular weight excluding hydrogens is 1040 g/mol. The summed E-state index contributed by atoms with van der Waals surface area (Å²) in [5.41, 5.74) is 14.5. The summed E-state index contributed by atoms with van der Waals surface area (Å²) in [6, 6.07) is 52.8. The van der Waals surface area contributed by atoms with E-state index in [2.05, 4.69) is 187 Å². The van der Waals surface area contributed by atoms with Gasteiger partial charge in [-0.05, 0) is 80.4 Å². The Morgan fingerprint density at radius 1 is 0.643 bits per heavy atom. The van der Waals surface area contributed by atoms with Gasteiger partial charge in [-0.3, -0.25) is 4.98 Å². The molecule has 0 spiro atoms. The zero-order valence-electron chi connectivity index (χ0n) is 41.3. The minimum absolute atomic E-state index is 0. The van der Waals surface area contributed by atoms with Gasteiger partial charge in [0.2, 0.25) is 5.69 Å². The summed E-state index contributed by atoms with van der Waals surface area (Å²) >= 11 is 0. The van der Waals surface area contributed by atoms with E-state index in [1.807, 2.05) is 48.7 Å². The number of oxazole rings is 1. The second kappa shape index (κ2) is 18.6. The smallest absolute Gasteiger partial charge is 0.240 e. The largest absolute Gasteiger partial charge is 0.502 e. The SMILES string of the molecule is CC(C)(C)c1ccnc(-c2[c-]cccc2)c1.[C-]#[N+]c1c2oc(C(C)(C)C)nc2cc2oc3c(-c4nc5ccc6ccccc6c5n4-c4c(C(C)C)cc(-c5ccccc5)cc4C(C)C)[c-]ccc3c12.[Ir]. The number of hydrogen-bond donors (Lipinski definition) is 0. The molecule has 351 valence electrons. The van der Waals surface area contributed by atoms with Crippen LogP contribution in [0.5, 0.6) is 0 Å². The summed E-state index contributed by atoms with van der Waals surface area (Å²) in [6.07, 6.45) is 1.87. The maximum absolute atomic E-state index is 8.28. The molecule has 4 heterocycles. The molecule has 11 aromatic rings. The second-order valence-corrected chi connectivity index (χ2v) is 20.6. The summed E-state index contributed by atoms with van der Waals surface area (Å²) in [5, 5.41) is 3.78. The van der Waals surface area contributed by atoms with Crippen molar-refractivity contribution in [1.82, 2.24) is 19.5 Å². The third-order valence-corrected chi connectivity index (χ3v) is 12.9. The Bertz CT molecular complexity index is 3740. The predicted octanol–water partition coefficient (Wildman–Crippen LogP) is 17.3. The number of rotatable bonds is 6. The first-order chi connectivity index (χ1) is 33.1. The van der Waals surface area contributed by atoms with Gasteiger partial charge in [0, 0.05) is 54.2 Å². The molecule has 0 unspecified atom stereocenters. The van der Waals surface area contributed by atoms with E-state index in [1.54, 1.807) is 0 Å². The van der Waals surface area contributed by atoms with E-state index >= 15 is 0 Å². The van der Waals surface area contributed by atoms with Gasteiger partial charge in [0.25, 0.3) is 0 Å². The number of aromatic nitrogens is 4. The molecule has 0 atom stereocenters. The molecule has 0 fully saturated rings. The summed E-state index contributed by atoms with van der Waals surface area (Å²) in [6.45, 7) is 30.1. The molecule has 11 rings (SSSR count). The van der Waals surface area contributed by atoms with E-state index < -0.39 is 0 Å². The maximum Gasteiger partial charge on any atom is 0.240 e. The summed E-state index contributed by atoms with van der Waals surface area (Å²) < 4.78 is 15.4. The molecule has 0 N–H and O–H groups in total. The van der Waals surface area contributed by atoms with Crippen molar-refractivity contribution in [2.45, 2.75) is 91.9 Å². The number of fused-ring (bicyclic) bond motifs is 7. The van der Waals surface area contributed by atoms with E-state index in [0.29, 0.717) is 39.2 Å². The number of furan rings is 1. The molecule has 70 heavy (non-hydrogen) atoms. The molecule has 0 aliphatic carbocycles. The minimum atomic E-state index is -0.310. The van der Waals surface area contributed by atoms with Crippen LogP contribution in [0.1, 0.15) is 104 Å². The first-order valence-corrected chi connectivity index (χ1v) is 23.8. The number of nitrogens with zero attached hydrogens (tertiary/aromatic N) is 5. The zero-order chi connectivity index (χ0) is 48.4. The number of pyridine rings is 1. The van der Waals surface area contributed by atoms with Crippen LogP contribution in [-0.2, 0) is 30.9 Å². The van der Waals surface area contributed by atoms with Crippen LogP contribution in [0.15, 0.2) is 148 Å². The van der Waals surface area contributed by atoms with Gasteiger partial charge >= 0.3 is 0 Å². The van der Waals surface area contributed by atoms with Crippen LogP contribution in [0.25, 0.3) is 99.1 Å². The predicted molar refractivity (Wildman–Crippen MR) is 283 cm³/mol. The third kappa shape index (κ3) is 8.63. The van der Waals surface area contributed by atoms with Crippen LogP contribution in [-0.4, -0.2) is 19.5 Å². The molecule has 0 aliphatic heterocycles. The fourth-order valence-electron chi connectivity index (χ4n) is 9.29. The monoisotopic (exact) mass is 1090 g/mol. The second-order valence-electron chi connectivity index (χ2n) is 20.6. The molecule has 8 heteroatoms. The minimum Gasteiger partial charge on any atom is -0.502 e. The average Bonchev–Trinajstić information content (AvgIpc) is 4.07. The first-order valence-electron chi connectivity index (χ1n) is 23.8. The number of imidazole rings is 1. The molecule has 7 aromatic carbocycles. The van der Waals surface area contributed by atoms with Crippen LogP contribution in [0.3, 0.4) is 0 Å². The Hall–Kier alpha value is -7.17. The van der Waals surface area contributed by atoms with Crippen molar-refractivity contribution < 1.29 is 28.9 Å². The Balaban J connectivity index is 0.000000304. The average molecular weight is 1090 g/mol. The Labute approximate surface area is 423 Å². The van der Waals surface area contributed by atoms with Gasteiger partial charge in [-0.15, -0.1) is 54.1 Å². The molecular formula is C62H55IrN5O2-2. The van der Waals surface area contributed by atoms with E-state index in [1.165, 1.54) is 27.8 Å². The fraction of sp³-hybridized carbons (Fsp3) is 0.226. The molecule has 0 saturated carbocycles. The molecule has 0 bridgehead atoms. The number of benzene rings is 7. The van der Waals surface area contributed by atoms with E-state index in [4.69, 9.17) is 25.4 Å². The molecule has 0 aliphatic rings. The van der Waals surface area contributed by atoms with Gasteiger partial charge in [0.05, 0.1) is 29.0 Å². The fourth-order valence-corrected chi connectivity index (χ4v) is 9.29. The molecule has 4 aromatic heterocycles. The van der Waals surface area contributed by atoms with Gasteiger partial charge in [-0.1, -0.05) is 147 Å². The van der Waals surface area contributed by atoms with E-state index in [-0.39, 0.29) is 42.8 Å². The van der Waals surface area contributed by atoms with Crippen molar-refractivity contribution in [3.8, 4) is 39.5 Å². The van der Waals surface area contributed by atoms with Crippen LogP contribution in [0.4, 0.5) is 5.69 Å². The maximum atomic E-state index is 8.28. The van der Waals surface area contributed by atoms with E-state index in [0.717, 1.165) is 55.5 Å². The van der Waals surface area contributed by atoms with Crippen molar-refractivity contribution in [1.29, 1.82) is 0 Å². The van der Waals surface area contributed by atoms with Crippen molar-refractivity contribution in [3.05, 3.63) is 186 Å². The van der Waals surface area contributed by atoms with Crippen LogP contribution in [0.2, 0.25) is 0 Å². The topological polar surface area (TPSA) is 74.2 Å². The van der Waals surface area contributed by atoms with Gasteiger partial charge < -0.3 is 18.4 Å². The Morgan fingerprint density at radius 2 is 1.36 bits per heavy atom. The Kier molecular flexibility index (Phi) is 12.7. The van der Waals surface area contributed by atoms with Gasteiger partial charge in [0.15, 0.2) is 11.5 Å². The number of hydrogen-bond acceptors (Lipinski definition) is 5. The first kappa shape index (κ1) is 47.9. The van der Waals surface area contributed by atoms with Gasteiger partial charge in [-0.25, -0.2) is 9.83 Å². The van der Waals surface area contributed by atoms with Crippen molar-refractivity contribution in [2.24, 2.45) is 0 Å². The molecule has 0 amide bonds. The van der Waals surface area contributed by atoms with Gasteiger partial charge in [-0.2, -0.15) is 0 Å². The van der Waals surface area contributed by atoms with Crippen LogP contribution < -0.4 is 0 Å². The summed E-state index contributed by atoms with van der Waals surface area (Å²) in [7, 11) is 0. The van der Waals surface area contributed by atoms with Crippen molar-refractivity contribution >= 4 is 60.5 Å². The zero-order valence-corrected chi connectivity index (χ0v) is 43.7. The van der Waals surface area contributed by atoms with E-state index in [9.17, 15) is 0 Å². The van der Waals surface area contributed by atoms with Crippen LogP contribution >= 0.6 is 0 Å². The van der Waals surface area contributed by atoms with Gasteiger partial charge in [0.1, 0.15) is 11.1 Å². The third-order valence-electron chi connectivity index (χ3n) is 12.9. The molecule has 0 saturated heterocycles. The Morgan fingerprint density at radius 3 is 2.03 bits per heavy atom. The quantitative estimate of drug-likeness (QED) is 0.155. The van der Waals surface area contributed by atoms with Crippen molar-refractivity contribution in [2.75, 3.05) is 0 Å². The molecule has 1 radical (unpaired) electrons. The van der Waals surface area contributed by atoms with Crippen LogP contribution in [0, 0.1) is 18.7 Å².